The van der Waals surface area contributed by atoms with Crippen molar-refractivity contribution < 1.29 is 64.1 Å². The van der Waals surface area contributed by atoms with E-state index in [0.717, 1.165) is 112 Å². The summed E-state index contributed by atoms with van der Waals surface area (Å²) in [5, 5.41) is 6.54. The molecule has 1 aliphatic carbocycles. The van der Waals surface area contributed by atoms with Crippen molar-refractivity contribution >= 4 is 84.8 Å². The van der Waals surface area contributed by atoms with Crippen LogP contribution in [-0.4, -0.2) is 171 Å². The van der Waals surface area contributed by atoms with Gasteiger partial charge in [-0.1, -0.05) is 97.4 Å². The molecule has 26 heteroatoms. The maximum absolute atomic E-state index is 14.3. The summed E-state index contributed by atoms with van der Waals surface area (Å²) in [6.07, 6.45) is -2.27. The predicted octanol–water partition coefficient (Wildman–Crippen LogP) is 15.0. The van der Waals surface area contributed by atoms with Gasteiger partial charge in [-0.2, -0.15) is 26.3 Å². The van der Waals surface area contributed by atoms with Crippen molar-refractivity contribution in [3.8, 4) is 11.1 Å². The average molecular weight is 1490 g/mol. The number of fused-ring (bicyclic) bond motifs is 3. The predicted molar refractivity (Wildman–Crippen MR) is 386 cm³/mol. The molecule has 0 saturated carbocycles. The fourth-order valence-corrected chi connectivity index (χ4v) is 14.6. The first-order chi connectivity index (χ1) is 46.6. The zero-order chi connectivity index (χ0) is 68.3. The summed E-state index contributed by atoms with van der Waals surface area (Å²) < 4.78 is 116. The van der Waals surface area contributed by atoms with Crippen molar-refractivity contribution in [2.24, 2.45) is 0 Å². The summed E-state index contributed by atoms with van der Waals surface area (Å²) in [6.45, 7) is 8.12. The maximum Gasteiger partial charge on any atom is 0.416 e. The molecule has 3 fully saturated rings. The molecule has 2 atom stereocenters. The van der Waals surface area contributed by atoms with E-state index in [9.17, 15) is 49.9 Å². The zero-order valence-corrected chi connectivity index (χ0v) is 60.1. The van der Waals surface area contributed by atoms with Gasteiger partial charge >= 0.3 is 18.4 Å². The van der Waals surface area contributed by atoms with E-state index in [-0.39, 0.29) is 105 Å². The summed E-state index contributed by atoms with van der Waals surface area (Å²) in [7, 11) is 3.70. The SMILES string of the molecule is CN(CCN1CCC(OC(=O)Nc2ccccc2-c2ccccc2)CC1)C(=O)CCCCCNc1ccc2c(c1)CCN(CCCN(C)C(=O)CO[C@H]1Cc3ccccc3C13CCN(CC[C@]1(c4ccc(F)cc4)CN(C(=O)c4cc(C(F)(F)F)cc(C(F)(F)F)c4)CO1)CC3)C2.Cl.Cl.Cl.Cl. The van der Waals surface area contributed by atoms with E-state index in [1.165, 1.54) is 46.5 Å². The van der Waals surface area contributed by atoms with E-state index >= 15 is 0 Å². The van der Waals surface area contributed by atoms with E-state index in [1.54, 1.807) is 4.90 Å². The number of carbonyl (C=O) groups is 4. The molecule has 0 aromatic heterocycles. The minimum atomic E-state index is -5.14. The summed E-state index contributed by atoms with van der Waals surface area (Å²) in [6, 6.07) is 38.9. The number of halogens is 11. The number of piperidine rings is 2. The molecular weight excluding hydrogens is 1400 g/mol. The number of para-hydroxylation sites is 1. The van der Waals surface area contributed by atoms with Crippen LogP contribution in [0.3, 0.4) is 0 Å². The quantitative estimate of drug-likeness (QED) is 0.0418. The molecule has 2 N–H and O–H groups in total. The smallest absolute Gasteiger partial charge is 0.416 e. The molecule has 1 spiro atoms. The minimum Gasteiger partial charge on any atom is -0.446 e. The van der Waals surface area contributed by atoms with Crippen LogP contribution in [-0.2, 0) is 66.6 Å². The van der Waals surface area contributed by atoms with Gasteiger partial charge in [0, 0.05) is 108 Å². The number of alkyl halides is 6. The molecule has 0 bridgehead atoms. The molecule has 11 rings (SSSR count). The van der Waals surface area contributed by atoms with Crippen LogP contribution in [0.15, 0.2) is 140 Å². The van der Waals surface area contributed by atoms with Gasteiger partial charge in [-0.25, -0.2) is 9.18 Å². The highest BCUT2D eigenvalue weighted by molar-refractivity contribution is 5.95. The van der Waals surface area contributed by atoms with E-state index < -0.39 is 59.2 Å². The van der Waals surface area contributed by atoms with Crippen molar-refractivity contribution in [2.75, 3.05) is 117 Å². The lowest BCUT2D eigenvalue weighted by atomic mass is 9.72. The van der Waals surface area contributed by atoms with Gasteiger partial charge in [0.25, 0.3) is 5.91 Å². The molecular formula is C75H91Cl4F7N8O7. The Bertz CT molecular complexity index is 3670. The maximum atomic E-state index is 14.3. The zero-order valence-electron chi connectivity index (χ0n) is 56.8. The van der Waals surface area contributed by atoms with Crippen LogP contribution in [0.4, 0.5) is 46.9 Å². The van der Waals surface area contributed by atoms with Crippen molar-refractivity contribution in [2.45, 2.75) is 119 Å². The molecule has 101 heavy (non-hydrogen) atoms. The molecule has 3 saturated heterocycles. The molecule has 15 nitrogen and oxygen atoms in total. The Kier molecular flexibility index (Phi) is 29.6. The van der Waals surface area contributed by atoms with Gasteiger partial charge in [0.2, 0.25) is 11.8 Å². The summed E-state index contributed by atoms with van der Waals surface area (Å²) in [5.74, 6) is -1.51. The highest BCUT2D eigenvalue weighted by Gasteiger charge is 2.50. The number of amides is 4. The highest BCUT2D eigenvalue weighted by Crippen LogP contribution is 2.49. The number of carbonyl (C=O) groups excluding carboxylic acids is 4. The first-order valence-corrected chi connectivity index (χ1v) is 33.9. The van der Waals surface area contributed by atoms with E-state index in [2.05, 4.69) is 55.7 Å². The molecule has 4 heterocycles. The molecule has 5 aliphatic rings. The van der Waals surface area contributed by atoms with Crippen molar-refractivity contribution in [3.05, 3.63) is 190 Å². The van der Waals surface area contributed by atoms with Crippen molar-refractivity contribution in [1.82, 2.24) is 29.4 Å². The Hall–Kier alpha value is -6.73. The topological polar surface area (TPSA) is 139 Å². The molecule has 0 radical (unpaired) electrons. The fraction of sp³-hybridized carbons (Fsp3) is 0.467. The van der Waals surface area contributed by atoms with Crippen LogP contribution in [0.1, 0.15) is 114 Å². The van der Waals surface area contributed by atoms with Crippen LogP contribution >= 0.6 is 49.6 Å². The number of rotatable bonds is 25. The third kappa shape index (κ3) is 20.8. The van der Waals surface area contributed by atoms with Gasteiger partial charge in [-0.3, -0.25) is 24.6 Å². The Balaban J connectivity index is 0.00000358. The Labute approximate surface area is 611 Å². The Morgan fingerprint density at radius 3 is 2.02 bits per heavy atom. The molecule has 4 amide bonds. The third-order valence-corrected chi connectivity index (χ3v) is 20.3. The lowest BCUT2D eigenvalue weighted by molar-refractivity contribution is -0.143. The molecule has 0 unspecified atom stereocenters. The molecule has 550 valence electrons. The minimum absolute atomic E-state index is 0. The molecule has 4 aliphatic heterocycles. The lowest BCUT2D eigenvalue weighted by Crippen LogP contribution is -2.50. The summed E-state index contributed by atoms with van der Waals surface area (Å²) in [5.41, 5.74) is 3.74. The number of ether oxygens (including phenoxy) is 3. The number of likely N-dealkylation sites (N-methyl/N-ethyl adjacent to an activating group) is 2. The first kappa shape index (κ1) is 81.6. The van der Waals surface area contributed by atoms with Gasteiger partial charge in [0.15, 0.2) is 0 Å². The monoisotopic (exact) mass is 1490 g/mol. The largest absolute Gasteiger partial charge is 0.446 e. The van der Waals surface area contributed by atoms with Gasteiger partial charge in [-0.05, 0) is 159 Å². The molecule has 6 aromatic rings. The lowest BCUT2D eigenvalue weighted by Gasteiger charge is -2.44. The van der Waals surface area contributed by atoms with Gasteiger partial charge in [0.1, 0.15) is 30.9 Å². The number of hydrogen-bond donors (Lipinski definition) is 2. The number of nitrogens with one attached hydrogen (secondary N) is 2. The van der Waals surface area contributed by atoms with Crippen LogP contribution < -0.4 is 10.6 Å². The number of nitrogens with zero attached hydrogens (tertiary/aromatic N) is 6. The number of anilines is 2. The number of benzene rings is 6. The Morgan fingerprint density at radius 1 is 0.644 bits per heavy atom. The second-order valence-corrected chi connectivity index (χ2v) is 26.7. The van der Waals surface area contributed by atoms with Crippen molar-refractivity contribution in [3.63, 3.8) is 0 Å². The standard InChI is InChI=1S/C75H87F7N8O7.4ClH/c1-85(34-13-35-89-36-27-54-46-62(26-21-56(54)49-89)83-33-12-4-7-20-68(91)86(2)42-43-87-37-28-63(29-38-87)97-71(94)84-66-19-11-9-17-64(66)53-14-5-3-6-15-53)69(92)50-95-67-47-55-16-8-10-18-65(55)72(67)30-39-88(40-31-72)41-32-73(58-22-24-61(76)25-23-58)51-90(52-96-73)70(93)57-44-59(74(77,78)79)48-60(45-57)75(80,81)82;;;;/h3,5-6,8-11,14-19,21-26,44-46,48,63,67,83H,4,7,12-13,20,27-43,47,49-52H2,1-2H3,(H,84,94);4*1H/t67-,73+;;;;/m0..../s1. The van der Waals surface area contributed by atoms with E-state index in [1.807, 2.05) is 85.7 Å². The van der Waals surface area contributed by atoms with Gasteiger partial charge in [0.05, 0.1) is 29.5 Å². The van der Waals surface area contributed by atoms with Gasteiger partial charge < -0.3 is 44.0 Å². The second-order valence-electron chi connectivity index (χ2n) is 26.7. The van der Waals surface area contributed by atoms with Crippen LogP contribution in [0.2, 0.25) is 0 Å². The number of unbranched alkanes of at least 4 members (excludes halogenated alkanes) is 2. The highest BCUT2D eigenvalue weighted by atomic mass is 35.5. The summed E-state index contributed by atoms with van der Waals surface area (Å²) >= 11 is 0. The average Bonchev–Trinajstić information content (AvgIpc) is 1.60. The van der Waals surface area contributed by atoms with E-state index in [0.29, 0.717) is 81.8 Å². The third-order valence-electron chi connectivity index (χ3n) is 20.3. The van der Waals surface area contributed by atoms with Crippen molar-refractivity contribution in [1.29, 1.82) is 0 Å². The normalized spacial score (nSPS) is 18.4. The number of hydrogen-bond acceptors (Lipinski definition) is 11. The second kappa shape index (κ2) is 36.6. The van der Waals surface area contributed by atoms with E-state index in [4.69, 9.17) is 14.2 Å². The number of likely N-dealkylation sites (tertiary alicyclic amines) is 2. The van der Waals surface area contributed by atoms with Crippen LogP contribution in [0.25, 0.3) is 11.1 Å². The molecule has 6 aromatic carbocycles. The first-order valence-electron chi connectivity index (χ1n) is 33.9. The van der Waals surface area contributed by atoms with Crippen LogP contribution in [0.5, 0.6) is 0 Å². The summed E-state index contributed by atoms with van der Waals surface area (Å²) in [4.78, 5) is 65.1. The fourth-order valence-electron chi connectivity index (χ4n) is 14.6. The Morgan fingerprint density at radius 2 is 1.31 bits per heavy atom. The van der Waals surface area contributed by atoms with Gasteiger partial charge in [-0.15, -0.1) is 49.6 Å². The van der Waals surface area contributed by atoms with Crippen LogP contribution in [0, 0.1) is 5.82 Å².